The third-order valence-corrected chi connectivity index (χ3v) is 4.71. The first-order chi connectivity index (χ1) is 11.5. The molecule has 24 heavy (non-hydrogen) atoms. The van der Waals surface area contributed by atoms with E-state index < -0.39 is 10.5 Å². The number of aromatic amines is 1. The van der Waals surface area contributed by atoms with E-state index in [-0.39, 0.29) is 24.6 Å². The molecular weight excluding hydrogens is 310 g/mol. The highest BCUT2D eigenvalue weighted by atomic mass is 16.6. The number of aliphatic hydroxyl groups is 1. The number of hydrogen-bond donors (Lipinski definition) is 3. The molecule has 2 aromatic rings. The molecule has 1 aliphatic rings. The number of carbonyl (C=O) groups is 1. The molecular formula is C17H21N3O4. The molecule has 0 spiro atoms. The van der Waals surface area contributed by atoms with Gasteiger partial charge >= 0.3 is 0 Å². The van der Waals surface area contributed by atoms with Crippen LogP contribution in [0.1, 0.15) is 37.7 Å². The zero-order valence-corrected chi connectivity index (χ0v) is 13.4. The van der Waals surface area contributed by atoms with Crippen LogP contribution in [0.2, 0.25) is 0 Å². The van der Waals surface area contributed by atoms with Crippen molar-refractivity contribution in [1.82, 2.24) is 10.3 Å². The highest BCUT2D eigenvalue weighted by Gasteiger charge is 2.29. The molecule has 3 rings (SSSR count). The number of aromatic nitrogens is 1. The van der Waals surface area contributed by atoms with Crippen molar-refractivity contribution >= 4 is 22.5 Å². The Morgan fingerprint density at radius 1 is 1.33 bits per heavy atom. The lowest BCUT2D eigenvalue weighted by Crippen LogP contribution is -2.44. The Morgan fingerprint density at radius 3 is 2.79 bits per heavy atom. The Hall–Kier alpha value is -2.41. The van der Waals surface area contributed by atoms with Crippen molar-refractivity contribution in [2.45, 2.75) is 44.1 Å². The van der Waals surface area contributed by atoms with Gasteiger partial charge in [-0.05, 0) is 24.5 Å². The summed E-state index contributed by atoms with van der Waals surface area (Å²) >= 11 is 0. The number of nitro benzene ring substituents is 1. The van der Waals surface area contributed by atoms with Crippen molar-refractivity contribution in [1.29, 1.82) is 0 Å². The molecule has 7 nitrogen and oxygen atoms in total. The van der Waals surface area contributed by atoms with Gasteiger partial charge in [0.15, 0.2) is 0 Å². The molecule has 0 aliphatic heterocycles. The molecule has 1 saturated carbocycles. The fraction of sp³-hybridized carbons (Fsp3) is 0.471. The number of non-ortho nitro benzene ring substituents is 1. The van der Waals surface area contributed by atoms with E-state index in [1.807, 2.05) is 0 Å². The monoisotopic (exact) mass is 331 g/mol. The maximum Gasteiger partial charge on any atom is 0.270 e. The van der Waals surface area contributed by atoms with E-state index in [0.717, 1.165) is 24.8 Å². The number of nitrogens with zero attached hydrogens (tertiary/aromatic N) is 1. The number of benzene rings is 1. The number of nitro groups is 1. The number of fused-ring (bicyclic) bond motifs is 1. The summed E-state index contributed by atoms with van der Waals surface area (Å²) in [4.78, 5) is 25.7. The first-order valence-electron chi connectivity index (χ1n) is 8.20. The van der Waals surface area contributed by atoms with E-state index >= 15 is 0 Å². The Bertz CT molecular complexity index is 762. The molecule has 0 bridgehead atoms. The van der Waals surface area contributed by atoms with Crippen molar-refractivity contribution in [2.24, 2.45) is 0 Å². The van der Waals surface area contributed by atoms with Crippen LogP contribution in [0.3, 0.4) is 0 Å². The van der Waals surface area contributed by atoms with Crippen LogP contribution in [-0.2, 0) is 11.2 Å². The zero-order chi connectivity index (χ0) is 17.2. The molecule has 3 N–H and O–H groups in total. The maximum atomic E-state index is 12.2. The first-order valence-corrected chi connectivity index (χ1v) is 8.20. The summed E-state index contributed by atoms with van der Waals surface area (Å²) in [5, 5.41) is 24.8. The second kappa shape index (κ2) is 6.60. The van der Waals surface area contributed by atoms with E-state index in [2.05, 4.69) is 10.3 Å². The summed E-state index contributed by atoms with van der Waals surface area (Å²) < 4.78 is 0. The van der Waals surface area contributed by atoms with Crippen LogP contribution in [0.25, 0.3) is 10.9 Å². The smallest absolute Gasteiger partial charge is 0.270 e. The van der Waals surface area contributed by atoms with Crippen LogP contribution in [0.4, 0.5) is 5.69 Å². The van der Waals surface area contributed by atoms with Crippen molar-refractivity contribution in [3.05, 3.63) is 40.1 Å². The third kappa shape index (κ3) is 3.56. The van der Waals surface area contributed by atoms with Gasteiger partial charge < -0.3 is 15.4 Å². The molecule has 0 unspecified atom stereocenters. The molecule has 1 aromatic heterocycles. The molecule has 0 saturated heterocycles. The van der Waals surface area contributed by atoms with E-state index in [1.165, 1.54) is 12.1 Å². The van der Waals surface area contributed by atoms with E-state index in [1.54, 1.807) is 12.3 Å². The Kier molecular flexibility index (Phi) is 4.53. The first kappa shape index (κ1) is 16.4. The van der Waals surface area contributed by atoms with Gasteiger partial charge in [0.25, 0.3) is 5.69 Å². The molecule has 0 radical (unpaired) electrons. The number of carbonyl (C=O) groups excluding carboxylic acids is 1. The fourth-order valence-electron chi connectivity index (χ4n) is 3.31. The summed E-state index contributed by atoms with van der Waals surface area (Å²) in [5.41, 5.74) is 0.670. The van der Waals surface area contributed by atoms with Gasteiger partial charge in [-0.25, -0.2) is 0 Å². The lowest BCUT2D eigenvalue weighted by molar-refractivity contribution is -0.384. The van der Waals surface area contributed by atoms with Crippen molar-refractivity contribution < 1.29 is 14.8 Å². The number of nitrogens with one attached hydrogen (secondary N) is 2. The molecule has 128 valence electrons. The lowest BCUT2D eigenvalue weighted by Gasteiger charge is -2.32. The van der Waals surface area contributed by atoms with Gasteiger partial charge in [-0.2, -0.15) is 0 Å². The lowest BCUT2D eigenvalue weighted by atomic mass is 9.85. The molecule has 1 amide bonds. The minimum Gasteiger partial charge on any atom is -0.388 e. The minimum absolute atomic E-state index is 0.000255. The van der Waals surface area contributed by atoms with E-state index in [9.17, 15) is 20.0 Å². The summed E-state index contributed by atoms with van der Waals surface area (Å²) in [6.07, 6.45) is 6.35. The van der Waals surface area contributed by atoms with Gasteiger partial charge in [-0.15, -0.1) is 0 Å². The molecule has 1 fully saturated rings. The van der Waals surface area contributed by atoms with Gasteiger partial charge in [0.2, 0.25) is 5.91 Å². The number of hydrogen-bond acceptors (Lipinski definition) is 4. The van der Waals surface area contributed by atoms with Crippen LogP contribution in [0, 0.1) is 10.1 Å². The van der Waals surface area contributed by atoms with Gasteiger partial charge in [0.1, 0.15) is 0 Å². The van der Waals surface area contributed by atoms with Crippen LogP contribution < -0.4 is 5.32 Å². The van der Waals surface area contributed by atoms with Crippen LogP contribution in [0.5, 0.6) is 0 Å². The second-order valence-corrected chi connectivity index (χ2v) is 6.54. The topological polar surface area (TPSA) is 108 Å². The Morgan fingerprint density at radius 2 is 2.08 bits per heavy atom. The van der Waals surface area contributed by atoms with Crippen LogP contribution in [-0.4, -0.2) is 33.1 Å². The Labute approximate surface area is 139 Å². The average Bonchev–Trinajstić information content (AvgIpc) is 2.96. The molecule has 0 atom stereocenters. The summed E-state index contributed by atoms with van der Waals surface area (Å²) in [6.45, 7) is 0.258. The molecule has 1 heterocycles. The van der Waals surface area contributed by atoms with E-state index in [0.29, 0.717) is 23.8 Å². The highest BCUT2D eigenvalue weighted by Crippen LogP contribution is 2.27. The number of amides is 1. The molecule has 7 heteroatoms. The third-order valence-electron chi connectivity index (χ3n) is 4.71. The number of rotatable bonds is 5. The largest absolute Gasteiger partial charge is 0.388 e. The van der Waals surface area contributed by atoms with E-state index in [4.69, 9.17) is 0 Å². The minimum atomic E-state index is -0.799. The maximum absolute atomic E-state index is 12.2. The second-order valence-electron chi connectivity index (χ2n) is 6.54. The number of H-pyrrole nitrogens is 1. The van der Waals surface area contributed by atoms with Crippen LogP contribution in [0.15, 0.2) is 24.4 Å². The predicted molar refractivity (Wildman–Crippen MR) is 89.7 cm³/mol. The summed E-state index contributed by atoms with van der Waals surface area (Å²) in [7, 11) is 0. The Balaban J connectivity index is 1.66. The van der Waals surface area contributed by atoms with Crippen molar-refractivity contribution in [3.8, 4) is 0 Å². The fourth-order valence-corrected chi connectivity index (χ4v) is 3.31. The van der Waals surface area contributed by atoms with Gasteiger partial charge in [-0.1, -0.05) is 19.3 Å². The van der Waals surface area contributed by atoms with Gasteiger partial charge in [-0.3, -0.25) is 14.9 Å². The van der Waals surface area contributed by atoms with Gasteiger partial charge in [0.05, 0.1) is 16.9 Å². The predicted octanol–water partition coefficient (Wildman–Crippen LogP) is 2.43. The SMILES string of the molecule is O=C(Cc1c[nH]c2ccc([N+](=O)[O-])cc12)NCC1(O)CCCCC1. The van der Waals surface area contributed by atoms with Crippen molar-refractivity contribution in [3.63, 3.8) is 0 Å². The standard InChI is InChI=1S/C17H21N3O4/c21-16(19-11-17(22)6-2-1-3-7-17)8-12-10-18-15-5-4-13(20(23)24)9-14(12)15/h4-5,9-10,18,22H,1-3,6-8,11H2,(H,19,21). The van der Waals surface area contributed by atoms with Gasteiger partial charge in [0, 0.05) is 35.8 Å². The summed E-state index contributed by atoms with van der Waals surface area (Å²) in [6, 6.07) is 4.55. The molecule has 1 aliphatic carbocycles. The molecule has 1 aromatic carbocycles. The van der Waals surface area contributed by atoms with Crippen molar-refractivity contribution in [2.75, 3.05) is 6.54 Å². The summed E-state index contributed by atoms with van der Waals surface area (Å²) in [5.74, 6) is -0.193. The zero-order valence-electron chi connectivity index (χ0n) is 13.4. The van der Waals surface area contributed by atoms with Crippen LogP contribution >= 0.6 is 0 Å². The average molecular weight is 331 g/mol. The quantitative estimate of drug-likeness (QED) is 0.577. The highest BCUT2D eigenvalue weighted by molar-refractivity contribution is 5.90. The normalized spacial score (nSPS) is 16.9.